The molecule has 170 valence electrons. The summed E-state index contributed by atoms with van der Waals surface area (Å²) in [4.78, 5) is 19.7. The van der Waals surface area contributed by atoms with Gasteiger partial charge in [-0.1, -0.05) is 23.7 Å². The van der Waals surface area contributed by atoms with E-state index in [0.29, 0.717) is 17.8 Å². The lowest BCUT2D eigenvalue weighted by Gasteiger charge is -2.12. The molecule has 0 saturated heterocycles. The molecular weight excluding hydrogens is 589 g/mol. The molecule has 0 amide bonds. The molecule has 3 N–H and O–H groups in total. The molecule has 0 unspecified atom stereocenters. The van der Waals surface area contributed by atoms with E-state index in [2.05, 4.69) is 18.2 Å². The molecule has 0 fully saturated rings. The van der Waals surface area contributed by atoms with Crippen LogP contribution in [0.1, 0.15) is 21.5 Å². The first kappa shape index (κ1) is 23.5. The van der Waals surface area contributed by atoms with E-state index >= 15 is 4.39 Å². The summed E-state index contributed by atoms with van der Waals surface area (Å²) >= 11 is 7.86. The molecule has 2 heterocycles. The van der Waals surface area contributed by atoms with Crippen molar-refractivity contribution in [1.82, 2.24) is 13.5 Å². The van der Waals surface area contributed by atoms with Gasteiger partial charge in [0.15, 0.2) is 5.82 Å². The number of carbonyl (C=O) groups is 1. The van der Waals surface area contributed by atoms with Gasteiger partial charge in [0.1, 0.15) is 11.5 Å². The van der Waals surface area contributed by atoms with Crippen LogP contribution in [0.3, 0.4) is 0 Å². The number of nitrogens with zero attached hydrogens (tertiary/aromatic N) is 1. The number of hydrogen-bond acceptors (Lipinski definition) is 5. The first-order chi connectivity index (χ1) is 15.7. The lowest BCUT2D eigenvalue weighted by molar-refractivity contribution is 0.103. The van der Waals surface area contributed by atoms with Gasteiger partial charge in [-0.3, -0.25) is 13.0 Å². The van der Waals surface area contributed by atoms with Gasteiger partial charge in [0.25, 0.3) is 10.0 Å². The number of fused-ring (bicyclic) bond motifs is 1. The smallest absolute Gasteiger partial charge is 0.261 e. The summed E-state index contributed by atoms with van der Waals surface area (Å²) in [6.07, 6.45) is 2.62. The summed E-state index contributed by atoms with van der Waals surface area (Å²) in [7, 11) is -4.21. The van der Waals surface area contributed by atoms with Crippen LogP contribution in [0.4, 0.5) is 14.5 Å². The highest BCUT2D eigenvalue weighted by Gasteiger charge is 2.26. The van der Waals surface area contributed by atoms with Gasteiger partial charge in [0, 0.05) is 52.8 Å². The molecule has 0 radical (unpaired) electrons. The Balaban J connectivity index is 1.73. The summed E-state index contributed by atoms with van der Waals surface area (Å²) in [6.45, 7) is 0.414. The normalized spacial score (nSPS) is 11.6. The zero-order valence-corrected chi connectivity index (χ0v) is 20.2. The van der Waals surface area contributed by atoms with Crippen molar-refractivity contribution in [3.05, 3.63) is 88.2 Å². The van der Waals surface area contributed by atoms with E-state index in [4.69, 9.17) is 11.6 Å². The first-order valence-electron chi connectivity index (χ1n) is 9.32. The summed E-state index contributed by atoms with van der Waals surface area (Å²) in [6, 6.07) is 9.22. The number of pyridine rings is 1. The minimum absolute atomic E-state index is 0.0585. The minimum Gasteiger partial charge on any atom is -0.345 e. The molecule has 4 rings (SSSR count). The van der Waals surface area contributed by atoms with E-state index in [-0.39, 0.29) is 20.9 Å². The van der Waals surface area contributed by atoms with Crippen molar-refractivity contribution in [3.8, 4) is 0 Å². The molecule has 0 aliphatic carbocycles. The molecule has 4 aromatic rings. The van der Waals surface area contributed by atoms with E-state index < -0.39 is 38.7 Å². The Labute approximate surface area is 206 Å². The minimum atomic E-state index is -4.21. The van der Waals surface area contributed by atoms with Crippen molar-refractivity contribution in [2.75, 3.05) is 4.72 Å². The molecule has 12 heteroatoms. The number of benzene rings is 2. The molecule has 0 saturated carbocycles. The van der Waals surface area contributed by atoms with Crippen LogP contribution >= 0.6 is 34.5 Å². The van der Waals surface area contributed by atoms with Crippen LogP contribution < -0.4 is 8.25 Å². The summed E-state index contributed by atoms with van der Waals surface area (Å²) in [5.41, 5.74) is -0.528. The second-order valence-electron chi connectivity index (χ2n) is 6.93. The Hall–Kier alpha value is -2.61. The van der Waals surface area contributed by atoms with Crippen molar-refractivity contribution < 1.29 is 22.0 Å². The lowest BCUT2D eigenvalue weighted by Crippen LogP contribution is -2.17. The van der Waals surface area contributed by atoms with E-state index in [1.165, 1.54) is 30.6 Å². The monoisotopic (exact) mass is 602 g/mol. The van der Waals surface area contributed by atoms with E-state index in [1.54, 1.807) is 12.1 Å². The number of aromatic amines is 1. The maximum atomic E-state index is 15.3. The van der Waals surface area contributed by atoms with Crippen molar-refractivity contribution in [1.29, 1.82) is 0 Å². The lowest BCUT2D eigenvalue weighted by atomic mass is 10.0. The molecule has 33 heavy (non-hydrogen) atoms. The average molecular weight is 603 g/mol. The van der Waals surface area contributed by atoms with Gasteiger partial charge in [0.05, 0.1) is 21.2 Å². The highest BCUT2D eigenvalue weighted by molar-refractivity contribution is 14.1. The maximum absolute atomic E-state index is 15.3. The van der Waals surface area contributed by atoms with E-state index in [0.717, 1.165) is 12.1 Å². The van der Waals surface area contributed by atoms with Crippen molar-refractivity contribution in [2.45, 2.75) is 11.4 Å². The predicted molar refractivity (Wildman–Crippen MR) is 129 cm³/mol. The van der Waals surface area contributed by atoms with Crippen LogP contribution in [-0.2, 0) is 16.6 Å². The predicted octanol–water partition coefficient (Wildman–Crippen LogP) is 4.97. The van der Waals surface area contributed by atoms with Gasteiger partial charge >= 0.3 is 0 Å². The van der Waals surface area contributed by atoms with Gasteiger partial charge in [-0.15, -0.1) is 0 Å². The quantitative estimate of drug-likeness (QED) is 0.158. The molecular formula is C21H14ClF2IN4O3S. The number of aromatic nitrogens is 2. The topological polar surface area (TPSA) is 104 Å². The van der Waals surface area contributed by atoms with Crippen molar-refractivity contribution >= 4 is 67.0 Å². The first-order valence-corrected chi connectivity index (χ1v) is 12.3. The number of nitrogens with one attached hydrogen (secondary N) is 3. The Bertz CT molecular complexity index is 1490. The Kier molecular flexibility index (Phi) is 6.66. The van der Waals surface area contributed by atoms with Crippen molar-refractivity contribution in [3.63, 3.8) is 0 Å². The van der Waals surface area contributed by atoms with Gasteiger partial charge in [-0.05, 0) is 35.9 Å². The third-order valence-electron chi connectivity index (χ3n) is 4.78. The Morgan fingerprint density at radius 1 is 1.18 bits per heavy atom. The Morgan fingerprint density at radius 2 is 1.97 bits per heavy atom. The summed E-state index contributed by atoms with van der Waals surface area (Å²) < 4.78 is 60.4. The van der Waals surface area contributed by atoms with Gasteiger partial charge in [-0.25, -0.2) is 22.2 Å². The molecule has 7 nitrogen and oxygen atoms in total. The third-order valence-corrected chi connectivity index (χ3v) is 6.74. The molecule has 2 aromatic heterocycles. The highest BCUT2D eigenvalue weighted by Crippen LogP contribution is 2.29. The number of rotatable bonds is 7. The number of hydrogen-bond donors (Lipinski definition) is 3. The number of anilines is 1. The zero-order chi connectivity index (χ0) is 23.8. The second-order valence-corrected chi connectivity index (χ2v) is 9.81. The standard InChI is InChI=1S/C21H14ClF2IN4O3S/c22-12-7-14-15(10-27-21(14)26-9-12)20(30)18-16(23)4-5-17(19(18)24)29-33(31,32)13-3-1-2-11(6-13)8-28-25/h1-7,9-10,28-29H,8H2,(H,26,27). The largest absolute Gasteiger partial charge is 0.345 e. The fourth-order valence-corrected chi connectivity index (χ4v) is 4.97. The number of H-pyrrole nitrogens is 1. The zero-order valence-electron chi connectivity index (χ0n) is 16.5. The summed E-state index contributed by atoms with van der Waals surface area (Å²) in [5, 5.41) is 0.511. The summed E-state index contributed by atoms with van der Waals surface area (Å²) in [5.74, 6) is -3.46. The van der Waals surface area contributed by atoms with Crippen LogP contribution in [0, 0.1) is 11.6 Å². The highest BCUT2D eigenvalue weighted by atomic mass is 127. The average Bonchev–Trinajstić information content (AvgIpc) is 3.19. The third kappa shape index (κ3) is 4.71. The van der Waals surface area contributed by atoms with Crippen LogP contribution in [0.2, 0.25) is 5.02 Å². The van der Waals surface area contributed by atoms with Gasteiger partial charge in [0.2, 0.25) is 5.78 Å². The van der Waals surface area contributed by atoms with E-state index in [9.17, 15) is 17.6 Å². The second kappa shape index (κ2) is 9.33. The molecule has 0 spiro atoms. The van der Waals surface area contributed by atoms with Crippen LogP contribution in [0.25, 0.3) is 11.0 Å². The number of sulfonamides is 1. The Morgan fingerprint density at radius 3 is 2.73 bits per heavy atom. The molecule has 0 aliphatic rings. The SMILES string of the molecule is O=C(c1c(F)ccc(NS(=O)(=O)c2cccc(CNI)c2)c1F)c1c[nH]c2ncc(Cl)cc12. The van der Waals surface area contributed by atoms with Gasteiger partial charge < -0.3 is 4.98 Å². The number of halogens is 4. The maximum Gasteiger partial charge on any atom is 0.261 e. The number of carbonyl (C=O) groups excluding carboxylic acids is 1. The molecule has 2 aromatic carbocycles. The fourth-order valence-electron chi connectivity index (χ4n) is 3.24. The van der Waals surface area contributed by atoms with Crippen LogP contribution in [-0.4, -0.2) is 24.2 Å². The fraction of sp³-hybridized carbons (Fsp3) is 0.0476. The van der Waals surface area contributed by atoms with Crippen LogP contribution in [0.5, 0.6) is 0 Å². The van der Waals surface area contributed by atoms with Crippen LogP contribution in [0.15, 0.2) is 59.8 Å². The van der Waals surface area contributed by atoms with Gasteiger partial charge in [-0.2, -0.15) is 0 Å². The van der Waals surface area contributed by atoms with E-state index in [1.807, 2.05) is 22.9 Å². The molecule has 0 atom stereocenters. The van der Waals surface area contributed by atoms with Crippen molar-refractivity contribution in [2.24, 2.45) is 0 Å². The molecule has 0 bridgehead atoms. The number of ketones is 1. The molecule has 0 aliphatic heterocycles.